The van der Waals surface area contributed by atoms with E-state index in [1.807, 2.05) is 0 Å². The van der Waals surface area contributed by atoms with E-state index in [2.05, 4.69) is 33.8 Å². The largest absolute Gasteiger partial charge is 0.370 e. The minimum atomic E-state index is 0.171. The van der Waals surface area contributed by atoms with Crippen molar-refractivity contribution >= 4 is 0 Å². The minimum absolute atomic E-state index is 0.171. The second-order valence-electron chi connectivity index (χ2n) is 6.34. The highest BCUT2D eigenvalue weighted by Crippen LogP contribution is 2.47. The van der Waals surface area contributed by atoms with Gasteiger partial charge in [0.05, 0.1) is 12.2 Å². The predicted octanol–water partition coefficient (Wildman–Crippen LogP) is 4.18. The van der Waals surface area contributed by atoms with Gasteiger partial charge in [0.25, 0.3) is 0 Å². The minimum Gasteiger partial charge on any atom is -0.370 e. The lowest BCUT2D eigenvalue weighted by molar-refractivity contribution is -0.128. The number of rotatable bonds is 1. The molecule has 1 fully saturated rings. The van der Waals surface area contributed by atoms with Gasteiger partial charge in [-0.05, 0) is 43.9 Å². The summed E-state index contributed by atoms with van der Waals surface area (Å²) in [5.74, 6) is 2.34. The van der Waals surface area contributed by atoms with Crippen LogP contribution in [-0.4, -0.2) is 12.2 Å². The highest BCUT2D eigenvalue weighted by molar-refractivity contribution is 5.11. The Labute approximate surface area is 100 Å². The molecule has 16 heavy (non-hydrogen) atoms. The Morgan fingerprint density at radius 3 is 2.75 bits per heavy atom. The van der Waals surface area contributed by atoms with Crippen molar-refractivity contribution in [2.24, 2.45) is 17.8 Å². The monoisotopic (exact) mass is 222 g/mol. The maximum absolute atomic E-state index is 6.24. The Hall–Kier alpha value is -0.300. The summed E-state index contributed by atoms with van der Waals surface area (Å²) in [5.41, 5.74) is 1.70. The Bertz CT molecular complexity index is 279. The quantitative estimate of drug-likeness (QED) is 0.605. The molecule has 2 rings (SSSR count). The average Bonchev–Trinajstić information content (AvgIpc) is 2.16. The molecule has 92 valence electrons. The van der Waals surface area contributed by atoms with Gasteiger partial charge >= 0.3 is 0 Å². The molecule has 3 atom stereocenters. The van der Waals surface area contributed by atoms with Crippen molar-refractivity contribution in [3.63, 3.8) is 0 Å². The summed E-state index contributed by atoms with van der Waals surface area (Å²) in [6, 6.07) is 0. The van der Waals surface area contributed by atoms with Crippen molar-refractivity contribution < 1.29 is 4.74 Å². The third-order valence-electron chi connectivity index (χ3n) is 4.53. The van der Waals surface area contributed by atoms with Gasteiger partial charge in [0.2, 0.25) is 0 Å². The van der Waals surface area contributed by atoms with Crippen molar-refractivity contribution in [2.75, 3.05) is 6.61 Å². The van der Waals surface area contributed by atoms with Crippen LogP contribution in [0.15, 0.2) is 11.6 Å². The SMILES string of the molecule is CC1=CCOC2(C1)CC(C)CCC2C(C)C. The van der Waals surface area contributed by atoms with Crippen molar-refractivity contribution in [3.8, 4) is 0 Å². The van der Waals surface area contributed by atoms with E-state index in [4.69, 9.17) is 4.74 Å². The van der Waals surface area contributed by atoms with Gasteiger partial charge in [-0.2, -0.15) is 0 Å². The first-order chi connectivity index (χ1) is 7.53. The van der Waals surface area contributed by atoms with Crippen molar-refractivity contribution in [2.45, 2.75) is 59.0 Å². The summed E-state index contributed by atoms with van der Waals surface area (Å²) >= 11 is 0. The van der Waals surface area contributed by atoms with Crippen LogP contribution in [0, 0.1) is 17.8 Å². The van der Waals surface area contributed by atoms with Gasteiger partial charge in [-0.3, -0.25) is 0 Å². The second kappa shape index (κ2) is 4.52. The average molecular weight is 222 g/mol. The van der Waals surface area contributed by atoms with Crippen LogP contribution in [-0.2, 0) is 4.74 Å². The van der Waals surface area contributed by atoms with Crippen LogP contribution >= 0.6 is 0 Å². The molecule has 0 bridgehead atoms. The molecule has 3 unspecified atom stereocenters. The number of ether oxygens (including phenoxy) is 1. The van der Waals surface area contributed by atoms with Crippen LogP contribution in [0.4, 0.5) is 0 Å². The zero-order valence-electron chi connectivity index (χ0n) is 11.3. The third kappa shape index (κ3) is 2.20. The Kier molecular flexibility index (Phi) is 3.44. The van der Waals surface area contributed by atoms with E-state index in [1.165, 1.54) is 31.3 Å². The predicted molar refractivity (Wildman–Crippen MR) is 68.4 cm³/mol. The molecule has 1 aliphatic carbocycles. The van der Waals surface area contributed by atoms with Gasteiger partial charge in [0.15, 0.2) is 0 Å². The van der Waals surface area contributed by atoms with Gasteiger partial charge in [-0.1, -0.05) is 38.8 Å². The highest BCUT2D eigenvalue weighted by Gasteiger charge is 2.45. The summed E-state index contributed by atoms with van der Waals surface area (Å²) < 4.78 is 6.24. The van der Waals surface area contributed by atoms with E-state index < -0.39 is 0 Å². The van der Waals surface area contributed by atoms with E-state index in [9.17, 15) is 0 Å². The molecule has 1 spiro atoms. The maximum atomic E-state index is 6.24. The van der Waals surface area contributed by atoms with Crippen molar-refractivity contribution in [3.05, 3.63) is 11.6 Å². The van der Waals surface area contributed by atoms with Gasteiger partial charge < -0.3 is 4.74 Å². The second-order valence-corrected chi connectivity index (χ2v) is 6.34. The van der Waals surface area contributed by atoms with Crippen LogP contribution in [0.3, 0.4) is 0 Å². The molecule has 0 aromatic heterocycles. The molecule has 1 heterocycles. The fraction of sp³-hybridized carbons (Fsp3) is 0.867. The summed E-state index contributed by atoms with van der Waals surface area (Å²) in [4.78, 5) is 0. The lowest BCUT2D eigenvalue weighted by atomic mass is 9.64. The summed E-state index contributed by atoms with van der Waals surface area (Å²) in [7, 11) is 0. The van der Waals surface area contributed by atoms with Gasteiger partial charge in [-0.15, -0.1) is 0 Å². The van der Waals surface area contributed by atoms with Crippen LogP contribution in [0.2, 0.25) is 0 Å². The maximum Gasteiger partial charge on any atom is 0.0756 e. The van der Waals surface area contributed by atoms with E-state index >= 15 is 0 Å². The standard InChI is InChI=1S/C15H26O/c1-11(2)14-6-5-12(3)9-15(14)10-13(4)7-8-16-15/h7,11-12,14H,5-6,8-10H2,1-4H3. The van der Waals surface area contributed by atoms with Crippen LogP contribution in [0.25, 0.3) is 0 Å². The number of hydrogen-bond acceptors (Lipinski definition) is 1. The lowest BCUT2D eigenvalue weighted by Crippen LogP contribution is -2.49. The zero-order chi connectivity index (χ0) is 11.8. The molecule has 0 radical (unpaired) electrons. The highest BCUT2D eigenvalue weighted by atomic mass is 16.5. The molecule has 2 aliphatic rings. The first-order valence-corrected chi connectivity index (χ1v) is 6.83. The van der Waals surface area contributed by atoms with Gasteiger partial charge in [-0.25, -0.2) is 0 Å². The molecule has 0 saturated heterocycles. The smallest absolute Gasteiger partial charge is 0.0756 e. The first-order valence-electron chi connectivity index (χ1n) is 6.83. The summed E-state index contributed by atoms with van der Waals surface area (Å²) in [6.07, 6.45) is 7.42. The van der Waals surface area contributed by atoms with E-state index in [-0.39, 0.29) is 5.60 Å². The fourth-order valence-corrected chi connectivity index (χ4v) is 3.83. The van der Waals surface area contributed by atoms with E-state index in [1.54, 1.807) is 0 Å². The summed E-state index contributed by atoms with van der Waals surface area (Å²) in [5, 5.41) is 0. The molecule has 1 saturated carbocycles. The summed E-state index contributed by atoms with van der Waals surface area (Å²) in [6.45, 7) is 10.2. The molecule has 0 N–H and O–H groups in total. The van der Waals surface area contributed by atoms with Crippen LogP contribution < -0.4 is 0 Å². The van der Waals surface area contributed by atoms with Crippen LogP contribution in [0.1, 0.15) is 53.4 Å². The molecule has 1 aliphatic heterocycles. The van der Waals surface area contributed by atoms with Crippen LogP contribution in [0.5, 0.6) is 0 Å². The molecular weight excluding hydrogens is 196 g/mol. The van der Waals surface area contributed by atoms with E-state index in [0.717, 1.165) is 24.4 Å². The third-order valence-corrected chi connectivity index (χ3v) is 4.53. The molecule has 1 nitrogen and oxygen atoms in total. The first kappa shape index (κ1) is 12.2. The molecule has 0 aromatic carbocycles. The molecule has 0 aromatic rings. The van der Waals surface area contributed by atoms with Crippen molar-refractivity contribution in [1.29, 1.82) is 0 Å². The van der Waals surface area contributed by atoms with Gasteiger partial charge in [0.1, 0.15) is 0 Å². The van der Waals surface area contributed by atoms with Gasteiger partial charge in [0, 0.05) is 0 Å². The fourth-order valence-electron chi connectivity index (χ4n) is 3.83. The van der Waals surface area contributed by atoms with E-state index in [0.29, 0.717) is 0 Å². The van der Waals surface area contributed by atoms with Crippen molar-refractivity contribution in [1.82, 2.24) is 0 Å². The topological polar surface area (TPSA) is 9.23 Å². The lowest BCUT2D eigenvalue weighted by Gasteiger charge is -2.49. The molecule has 0 amide bonds. The Morgan fingerprint density at radius 1 is 1.38 bits per heavy atom. The zero-order valence-corrected chi connectivity index (χ0v) is 11.3. The molecular formula is C15H26O. The normalized spacial score (nSPS) is 40.2. The molecule has 1 heteroatoms. The Balaban J connectivity index is 2.22. The Morgan fingerprint density at radius 2 is 2.12 bits per heavy atom. The number of hydrogen-bond donors (Lipinski definition) is 0.